The van der Waals surface area contributed by atoms with Gasteiger partial charge in [0.1, 0.15) is 18.9 Å². The van der Waals surface area contributed by atoms with Crippen molar-refractivity contribution in [1.82, 2.24) is 5.43 Å². The van der Waals surface area contributed by atoms with Crippen molar-refractivity contribution < 1.29 is 31.1 Å². The second-order valence-corrected chi connectivity index (χ2v) is 10.5. The molecule has 196 valence electrons. The van der Waals surface area contributed by atoms with Gasteiger partial charge in [0.2, 0.25) is 10.0 Å². The molecule has 7 nitrogen and oxygen atoms in total. The number of hydrogen-bond donors (Lipinski definition) is 1. The van der Waals surface area contributed by atoms with E-state index in [4.69, 9.17) is 27.9 Å². The molecule has 0 unspecified atom stereocenters. The Morgan fingerprint density at radius 3 is 2.30 bits per heavy atom. The molecule has 0 aliphatic heterocycles. The van der Waals surface area contributed by atoms with Gasteiger partial charge in [0.25, 0.3) is 5.91 Å². The van der Waals surface area contributed by atoms with Gasteiger partial charge in [0.05, 0.1) is 28.7 Å². The van der Waals surface area contributed by atoms with Gasteiger partial charge >= 0.3 is 6.18 Å². The predicted molar refractivity (Wildman–Crippen MR) is 137 cm³/mol. The van der Waals surface area contributed by atoms with Gasteiger partial charge < -0.3 is 4.74 Å². The molecule has 0 aromatic heterocycles. The number of hydrogen-bond acceptors (Lipinski definition) is 5. The highest BCUT2D eigenvalue weighted by molar-refractivity contribution is 7.92. The molecular weight excluding hydrogens is 554 g/mol. The molecule has 0 aliphatic carbocycles. The van der Waals surface area contributed by atoms with E-state index in [0.717, 1.165) is 24.0 Å². The Bertz CT molecular complexity index is 1380. The van der Waals surface area contributed by atoms with E-state index >= 15 is 0 Å². The van der Waals surface area contributed by atoms with Gasteiger partial charge in [0.15, 0.2) is 0 Å². The van der Waals surface area contributed by atoms with E-state index in [2.05, 4.69) is 10.5 Å². The average molecular weight is 574 g/mol. The number of hydrazone groups is 1. The number of ether oxygens (including phenoxy) is 1. The monoisotopic (exact) mass is 573 g/mol. The van der Waals surface area contributed by atoms with Crippen LogP contribution in [0.3, 0.4) is 0 Å². The molecule has 3 aromatic rings. The maximum atomic E-state index is 13.2. The molecule has 0 spiro atoms. The third kappa shape index (κ3) is 8.38. The van der Waals surface area contributed by atoms with Crippen molar-refractivity contribution in [2.24, 2.45) is 5.10 Å². The van der Waals surface area contributed by atoms with E-state index in [9.17, 15) is 26.4 Å². The molecule has 0 bridgehead atoms. The van der Waals surface area contributed by atoms with Crippen molar-refractivity contribution in [3.63, 3.8) is 0 Å². The molecule has 0 aliphatic rings. The first kappa shape index (κ1) is 28.3. The Hall–Kier alpha value is -3.28. The summed E-state index contributed by atoms with van der Waals surface area (Å²) in [6.45, 7) is -0.456. The van der Waals surface area contributed by atoms with Gasteiger partial charge in [-0.2, -0.15) is 18.3 Å². The van der Waals surface area contributed by atoms with E-state index in [1.54, 1.807) is 36.4 Å². The van der Waals surface area contributed by atoms with Crippen LogP contribution in [0.1, 0.15) is 16.7 Å². The number of amides is 1. The molecule has 1 amide bonds. The second-order valence-electron chi connectivity index (χ2n) is 7.71. The Morgan fingerprint density at radius 1 is 1.05 bits per heavy atom. The highest BCUT2D eigenvalue weighted by atomic mass is 35.5. The zero-order chi connectivity index (χ0) is 27.2. The maximum Gasteiger partial charge on any atom is 0.417 e. The molecule has 0 atom stereocenters. The summed E-state index contributed by atoms with van der Waals surface area (Å²) in [6.07, 6.45) is -2.73. The summed E-state index contributed by atoms with van der Waals surface area (Å²) in [4.78, 5) is 12.3. The van der Waals surface area contributed by atoms with Crippen LogP contribution in [0.5, 0.6) is 5.75 Å². The minimum Gasteiger partial charge on any atom is -0.489 e. The van der Waals surface area contributed by atoms with Crippen LogP contribution in [0, 0.1) is 0 Å². The number of nitrogens with zero attached hydrogens (tertiary/aromatic N) is 2. The number of carbonyl (C=O) groups excluding carboxylic acids is 1. The summed E-state index contributed by atoms with van der Waals surface area (Å²) in [5, 5.41) is 3.80. The summed E-state index contributed by atoms with van der Waals surface area (Å²) in [7, 11) is -4.11. The van der Waals surface area contributed by atoms with Gasteiger partial charge in [0, 0.05) is 5.02 Å². The second kappa shape index (κ2) is 11.8. The summed E-state index contributed by atoms with van der Waals surface area (Å²) in [6, 6.07) is 16.5. The van der Waals surface area contributed by atoms with Gasteiger partial charge in [-0.3, -0.25) is 9.10 Å². The fourth-order valence-corrected chi connectivity index (χ4v) is 4.23. The van der Waals surface area contributed by atoms with Gasteiger partial charge in [-0.05, 0) is 65.7 Å². The Kier molecular flexibility index (Phi) is 9.06. The third-order valence-corrected chi connectivity index (χ3v) is 6.55. The molecule has 1 N–H and O–H groups in total. The highest BCUT2D eigenvalue weighted by Gasteiger charge is 2.34. The number of benzene rings is 3. The molecule has 0 heterocycles. The van der Waals surface area contributed by atoms with Gasteiger partial charge in [-0.15, -0.1) is 0 Å². The predicted octanol–water partition coefficient (Wildman–Crippen LogP) is 5.51. The molecular formula is C24H20Cl2F3N3O4S. The molecule has 13 heteroatoms. The normalized spacial score (nSPS) is 11.9. The van der Waals surface area contributed by atoms with Crippen LogP contribution in [0.2, 0.25) is 10.0 Å². The van der Waals surface area contributed by atoms with Crippen LogP contribution in [0.25, 0.3) is 0 Å². The van der Waals surface area contributed by atoms with Crippen LogP contribution in [0.15, 0.2) is 71.8 Å². The van der Waals surface area contributed by atoms with Crippen molar-refractivity contribution in [1.29, 1.82) is 0 Å². The first-order chi connectivity index (χ1) is 17.3. The van der Waals surface area contributed by atoms with Crippen LogP contribution in [-0.4, -0.2) is 33.3 Å². The number of nitrogens with one attached hydrogen (secondary N) is 1. The maximum absolute atomic E-state index is 13.2. The Labute approximate surface area is 221 Å². The van der Waals surface area contributed by atoms with Crippen LogP contribution in [0.4, 0.5) is 18.9 Å². The van der Waals surface area contributed by atoms with Crippen molar-refractivity contribution in [2.45, 2.75) is 12.8 Å². The van der Waals surface area contributed by atoms with E-state index in [1.807, 2.05) is 12.1 Å². The number of carbonyl (C=O) groups is 1. The molecule has 3 rings (SSSR count). The molecule has 0 saturated carbocycles. The lowest BCUT2D eigenvalue weighted by Crippen LogP contribution is -2.39. The first-order valence-corrected chi connectivity index (χ1v) is 13.1. The number of alkyl halides is 3. The fraction of sp³-hybridized carbons (Fsp3) is 0.167. The number of anilines is 1. The van der Waals surface area contributed by atoms with Crippen molar-refractivity contribution in [2.75, 3.05) is 17.1 Å². The summed E-state index contributed by atoms with van der Waals surface area (Å²) < 4.78 is 70.1. The summed E-state index contributed by atoms with van der Waals surface area (Å²) in [5.74, 6) is -0.269. The van der Waals surface area contributed by atoms with E-state index in [1.165, 1.54) is 6.21 Å². The Morgan fingerprint density at radius 2 is 1.70 bits per heavy atom. The van der Waals surface area contributed by atoms with Crippen molar-refractivity contribution in [3.05, 3.63) is 93.5 Å². The molecule has 0 fully saturated rings. The molecule has 37 heavy (non-hydrogen) atoms. The minimum atomic E-state index is -4.81. The standard InChI is InChI=1S/C24H20Cl2F3N3O4S/c1-37(34,35)32(19-8-11-22(26)21(12-19)24(27,28)29)14-23(33)31-30-13-16-4-9-20(10-5-16)36-15-17-2-6-18(25)7-3-17/h2-13H,14-15H2,1H3,(H,31,33)/b30-13-. The third-order valence-electron chi connectivity index (χ3n) is 4.83. The molecule has 0 saturated heterocycles. The van der Waals surface area contributed by atoms with Crippen molar-refractivity contribution in [3.8, 4) is 5.75 Å². The number of halogens is 5. The number of sulfonamides is 1. The summed E-state index contributed by atoms with van der Waals surface area (Å²) in [5.41, 5.74) is 2.11. The number of rotatable bonds is 9. The van der Waals surface area contributed by atoms with Crippen LogP contribution in [-0.2, 0) is 27.6 Å². The van der Waals surface area contributed by atoms with E-state index in [0.29, 0.717) is 33.3 Å². The Balaban J connectivity index is 1.60. The molecule has 3 aromatic carbocycles. The van der Waals surface area contributed by atoms with Crippen LogP contribution >= 0.6 is 23.2 Å². The topological polar surface area (TPSA) is 88.1 Å². The fourth-order valence-electron chi connectivity index (χ4n) is 3.03. The largest absolute Gasteiger partial charge is 0.489 e. The van der Waals surface area contributed by atoms with E-state index in [-0.39, 0.29) is 5.69 Å². The molecule has 0 radical (unpaired) electrons. The summed E-state index contributed by atoms with van der Waals surface area (Å²) >= 11 is 11.4. The SMILES string of the molecule is CS(=O)(=O)N(CC(=O)N/N=C\c1ccc(OCc2ccc(Cl)cc2)cc1)c1ccc(Cl)c(C(F)(F)F)c1. The average Bonchev–Trinajstić information content (AvgIpc) is 2.82. The minimum absolute atomic E-state index is 0.343. The first-order valence-electron chi connectivity index (χ1n) is 10.5. The zero-order valence-corrected chi connectivity index (χ0v) is 21.5. The lowest BCUT2D eigenvalue weighted by molar-refractivity contribution is -0.137. The quantitative estimate of drug-likeness (QED) is 0.270. The van der Waals surface area contributed by atoms with E-state index < -0.39 is 39.2 Å². The van der Waals surface area contributed by atoms with Gasteiger partial charge in [-0.25, -0.2) is 13.8 Å². The lowest BCUT2D eigenvalue weighted by Gasteiger charge is -2.22. The zero-order valence-electron chi connectivity index (χ0n) is 19.2. The highest BCUT2D eigenvalue weighted by Crippen LogP contribution is 2.37. The van der Waals surface area contributed by atoms with Gasteiger partial charge in [-0.1, -0.05) is 35.3 Å². The van der Waals surface area contributed by atoms with Crippen molar-refractivity contribution >= 4 is 51.0 Å². The lowest BCUT2D eigenvalue weighted by atomic mass is 10.2. The smallest absolute Gasteiger partial charge is 0.417 e. The van der Waals surface area contributed by atoms with Crippen LogP contribution < -0.4 is 14.5 Å².